The van der Waals surface area contributed by atoms with E-state index in [0.29, 0.717) is 18.7 Å². The first-order chi connectivity index (χ1) is 8.02. The van der Waals surface area contributed by atoms with E-state index in [4.69, 9.17) is 5.26 Å². The van der Waals surface area contributed by atoms with Gasteiger partial charge in [-0.25, -0.2) is 0 Å². The first kappa shape index (κ1) is 11.6. The number of benzene rings is 1. The number of hydrogen-bond donors (Lipinski definition) is 1. The van der Waals surface area contributed by atoms with Crippen LogP contribution in [0.3, 0.4) is 0 Å². The van der Waals surface area contributed by atoms with Crippen LogP contribution in [0, 0.1) is 11.3 Å². The van der Waals surface area contributed by atoms with Crippen molar-refractivity contribution in [3.8, 4) is 6.07 Å². The van der Waals surface area contributed by atoms with E-state index < -0.39 is 0 Å². The molecule has 0 aliphatic carbocycles. The molecule has 1 aliphatic rings. The number of hydrogen-bond acceptors (Lipinski definition) is 3. The van der Waals surface area contributed by atoms with Gasteiger partial charge in [0.05, 0.1) is 18.2 Å². The monoisotopic (exact) mass is 229 g/mol. The second-order valence-corrected chi connectivity index (χ2v) is 4.88. The largest absolute Gasteiger partial charge is 0.309 e. The standard InChI is InChI=1S/C13H15N3O/c1-13(2)9-16(12(17)8-15-13)11-5-3-4-10(6-11)7-14/h3-6,15H,8-9H2,1-2H3. The third-order valence-corrected chi connectivity index (χ3v) is 2.86. The SMILES string of the molecule is CC1(C)CN(c2cccc(C#N)c2)C(=O)CN1. The quantitative estimate of drug-likeness (QED) is 0.789. The third-order valence-electron chi connectivity index (χ3n) is 2.86. The molecule has 1 amide bonds. The molecule has 1 saturated heterocycles. The maximum absolute atomic E-state index is 11.9. The number of carbonyl (C=O) groups excluding carboxylic acids is 1. The molecule has 0 radical (unpaired) electrons. The van der Waals surface area contributed by atoms with Crippen LogP contribution < -0.4 is 10.2 Å². The van der Waals surface area contributed by atoms with Crippen LogP contribution in [0.15, 0.2) is 24.3 Å². The van der Waals surface area contributed by atoms with Crippen molar-refractivity contribution >= 4 is 11.6 Å². The highest BCUT2D eigenvalue weighted by molar-refractivity contribution is 5.96. The van der Waals surface area contributed by atoms with Crippen LogP contribution >= 0.6 is 0 Å². The average molecular weight is 229 g/mol. The van der Waals surface area contributed by atoms with Crippen LogP contribution in [-0.4, -0.2) is 24.5 Å². The lowest BCUT2D eigenvalue weighted by Gasteiger charge is -2.38. The van der Waals surface area contributed by atoms with E-state index >= 15 is 0 Å². The molecular formula is C13H15N3O. The minimum absolute atomic E-state index is 0.0411. The third kappa shape index (κ3) is 2.45. The molecule has 1 N–H and O–H groups in total. The van der Waals surface area contributed by atoms with Crippen molar-refractivity contribution in [1.29, 1.82) is 5.26 Å². The Morgan fingerprint density at radius 1 is 1.47 bits per heavy atom. The smallest absolute Gasteiger partial charge is 0.241 e. The highest BCUT2D eigenvalue weighted by Crippen LogP contribution is 2.21. The topological polar surface area (TPSA) is 56.1 Å². The zero-order valence-corrected chi connectivity index (χ0v) is 10.0. The highest BCUT2D eigenvalue weighted by Gasteiger charge is 2.31. The zero-order chi connectivity index (χ0) is 12.5. The Hall–Kier alpha value is -1.86. The maximum Gasteiger partial charge on any atom is 0.241 e. The van der Waals surface area contributed by atoms with Crippen molar-refractivity contribution in [3.63, 3.8) is 0 Å². The molecule has 4 nitrogen and oxygen atoms in total. The van der Waals surface area contributed by atoms with Crippen LogP contribution in [0.25, 0.3) is 0 Å². The number of nitrogens with one attached hydrogen (secondary N) is 1. The fourth-order valence-electron chi connectivity index (χ4n) is 1.93. The molecule has 0 aromatic heterocycles. The van der Waals surface area contributed by atoms with Crippen LogP contribution in [0.2, 0.25) is 0 Å². The molecule has 2 rings (SSSR count). The summed E-state index contributed by atoms with van der Waals surface area (Å²) in [5, 5.41) is 12.0. The first-order valence-corrected chi connectivity index (χ1v) is 5.57. The number of rotatable bonds is 1. The fraction of sp³-hybridized carbons (Fsp3) is 0.385. The van der Waals surface area contributed by atoms with E-state index in [2.05, 4.69) is 25.2 Å². The summed E-state index contributed by atoms with van der Waals surface area (Å²) >= 11 is 0. The minimum atomic E-state index is -0.101. The van der Waals surface area contributed by atoms with E-state index in [9.17, 15) is 4.79 Å². The number of amides is 1. The lowest BCUT2D eigenvalue weighted by molar-refractivity contribution is -0.119. The molecule has 17 heavy (non-hydrogen) atoms. The molecule has 1 fully saturated rings. The van der Waals surface area contributed by atoms with E-state index in [0.717, 1.165) is 5.69 Å². The van der Waals surface area contributed by atoms with E-state index in [1.165, 1.54) is 0 Å². The number of piperazine rings is 1. The van der Waals surface area contributed by atoms with Gasteiger partial charge in [-0.2, -0.15) is 5.26 Å². The Kier molecular flexibility index (Phi) is 2.86. The number of anilines is 1. The summed E-state index contributed by atoms with van der Waals surface area (Å²) in [5.41, 5.74) is 1.27. The summed E-state index contributed by atoms with van der Waals surface area (Å²) in [6, 6.07) is 9.24. The van der Waals surface area contributed by atoms with Gasteiger partial charge in [0.25, 0.3) is 0 Å². The molecule has 1 heterocycles. The van der Waals surface area contributed by atoms with Crippen molar-refractivity contribution in [3.05, 3.63) is 29.8 Å². The molecule has 1 aromatic rings. The van der Waals surface area contributed by atoms with Gasteiger partial charge in [0, 0.05) is 17.8 Å². The fourth-order valence-corrected chi connectivity index (χ4v) is 1.93. The zero-order valence-electron chi connectivity index (χ0n) is 10.0. The Labute approximate surface area is 101 Å². The Bertz CT molecular complexity index is 488. The summed E-state index contributed by atoms with van der Waals surface area (Å²) in [5.74, 6) is 0.0411. The number of nitrogens with zero attached hydrogens (tertiary/aromatic N) is 2. The highest BCUT2D eigenvalue weighted by atomic mass is 16.2. The molecule has 88 valence electrons. The van der Waals surface area contributed by atoms with Gasteiger partial charge >= 0.3 is 0 Å². The van der Waals surface area contributed by atoms with Crippen LogP contribution in [0.4, 0.5) is 5.69 Å². The Morgan fingerprint density at radius 3 is 2.94 bits per heavy atom. The summed E-state index contributed by atoms with van der Waals surface area (Å²) in [7, 11) is 0. The molecule has 1 aliphatic heterocycles. The molecular weight excluding hydrogens is 214 g/mol. The molecule has 0 unspecified atom stereocenters. The van der Waals surface area contributed by atoms with Gasteiger partial charge in [0.15, 0.2) is 0 Å². The second kappa shape index (κ2) is 4.19. The Morgan fingerprint density at radius 2 is 2.24 bits per heavy atom. The molecule has 0 bridgehead atoms. The van der Waals surface area contributed by atoms with Gasteiger partial charge in [0.2, 0.25) is 5.91 Å². The van der Waals surface area contributed by atoms with Crippen LogP contribution in [0.1, 0.15) is 19.4 Å². The van der Waals surface area contributed by atoms with Gasteiger partial charge in [-0.15, -0.1) is 0 Å². The Balaban J connectivity index is 2.31. The van der Waals surface area contributed by atoms with Crippen molar-refractivity contribution in [2.24, 2.45) is 0 Å². The molecule has 0 saturated carbocycles. The predicted molar refractivity (Wildman–Crippen MR) is 65.6 cm³/mol. The number of nitriles is 1. The lowest BCUT2D eigenvalue weighted by atomic mass is 10.0. The van der Waals surface area contributed by atoms with Crippen molar-refractivity contribution in [2.75, 3.05) is 18.0 Å². The molecule has 4 heteroatoms. The maximum atomic E-state index is 11.9. The van der Waals surface area contributed by atoms with E-state index in [1.54, 1.807) is 23.1 Å². The van der Waals surface area contributed by atoms with Gasteiger partial charge in [-0.05, 0) is 32.0 Å². The average Bonchev–Trinajstić information content (AvgIpc) is 2.32. The molecule has 1 aromatic carbocycles. The minimum Gasteiger partial charge on any atom is -0.309 e. The van der Waals surface area contributed by atoms with Crippen molar-refractivity contribution in [2.45, 2.75) is 19.4 Å². The second-order valence-electron chi connectivity index (χ2n) is 4.88. The first-order valence-electron chi connectivity index (χ1n) is 5.57. The molecule has 0 spiro atoms. The summed E-state index contributed by atoms with van der Waals surface area (Å²) < 4.78 is 0. The summed E-state index contributed by atoms with van der Waals surface area (Å²) in [6.07, 6.45) is 0. The van der Waals surface area contributed by atoms with Crippen LogP contribution in [0.5, 0.6) is 0 Å². The van der Waals surface area contributed by atoms with Crippen molar-refractivity contribution in [1.82, 2.24) is 5.32 Å². The van der Waals surface area contributed by atoms with Crippen molar-refractivity contribution < 1.29 is 4.79 Å². The van der Waals surface area contributed by atoms with Crippen LogP contribution in [-0.2, 0) is 4.79 Å². The normalized spacial score (nSPS) is 18.9. The summed E-state index contributed by atoms with van der Waals surface area (Å²) in [6.45, 7) is 5.06. The van der Waals surface area contributed by atoms with Gasteiger partial charge in [-0.1, -0.05) is 6.07 Å². The predicted octanol–water partition coefficient (Wildman–Crippen LogP) is 1.27. The summed E-state index contributed by atoms with van der Waals surface area (Å²) in [4.78, 5) is 13.6. The van der Waals surface area contributed by atoms with Gasteiger partial charge in [0.1, 0.15) is 0 Å². The van der Waals surface area contributed by atoms with Gasteiger partial charge in [-0.3, -0.25) is 4.79 Å². The van der Waals surface area contributed by atoms with E-state index in [-0.39, 0.29) is 11.4 Å². The number of carbonyl (C=O) groups is 1. The van der Waals surface area contributed by atoms with Gasteiger partial charge < -0.3 is 10.2 Å². The van der Waals surface area contributed by atoms with E-state index in [1.807, 2.05) is 6.07 Å². The molecule has 0 atom stereocenters. The lowest BCUT2D eigenvalue weighted by Crippen LogP contribution is -2.60.